The number of carbonyl (C=O) groups is 2. The van der Waals surface area contributed by atoms with Crippen LogP contribution < -0.4 is 0 Å². The molecule has 0 saturated heterocycles. The SMILES string of the molecule is COC(=O)C=Cc1ccc(CC(C)=O)cc1. The maximum absolute atomic E-state index is 10.9. The molecular weight excluding hydrogens is 204 g/mol. The predicted molar refractivity (Wildman–Crippen MR) is 61.9 cm³/mol. The minimum absolute atomic E-state index is 0.137. The largest absolute Gasteiger partial charge is 0.466 e. The summed E-state index contributed by atoms with van der Waals surface area (Å²) in [7, 11) is 1.34. The molecule has 0 bridgehead atoms. The third kappa shape index (κ3) is 4.09. The third-order valence-corrected chi connectivity index (χ3v) is 2.05. The molecule has 0 fully saturated rings. The molecular formula is C13H14O3. The number of esters is 1. The van der Waals surface area contributed by atoms with Gasteiger partial charge in [-0.15, -0.1) is 0 Å². The van der Waals surface area contributed by atoms with Crippen LogP contribution in [-0.4, -0.2) is 18.9 Å². The lowest BCUT2D eigenvalue weighted by Gasteiger charge is -1.98. The second-order valence-electron chi connectivity index (χ2n) is 3.48. The molecule has 0 N–H and O–H groups in total. The normalized spacial score (nSPS) is 10.4. The van der Waals surface area contributed by atoms with Gasteiger partial charge in [-0.3, -0.25) is 4.79 Å². The standard InChI is InChI=1S/C13H14O3/c1-10(14)9-12-5-3-11(4-6-12)7-8-13(15)16-2/h3-8H,9H2,1-2H3. The van der Waals surface area contributed by atoms with Crippen LogP contribution in [0.5, 0.6) is 0 Å². The van der Waals surface area contributed by atoms with Crippen LogP contribution >= 0.6 is 0 Å². The van der Waals surface area contributed by atoms with E-state index in [9.17, 15) is 9.59 Å². The number of methoxy groups -OCH3 is 1. The monoisotopic (exact) mass is 218 g/mol. The highest BCUT2D eigenvalue weighted by Gasteiger charge is 1.97. The summed E-state index contributed by atoms with van der Waals surface area (Å²) in [4.78, 5) is 21.7. The number of benzene rings is 1. The molecule has 3 heteroatoms. The number of Topliss-reactive ketones (excluding diaryl/α,β-unsaturated/α-hetero) is 1. The fraction of sp³-hybridized carbons (Fsp3) is 0.231. The zero-order valence-electron chi connectivity index (χ0n) is 9.40. The van der Waals surface area contributed by atoms with Gasteiger partial charge in [-0.25, -0.2) is 4.79 Å². The zero-order chi connectivity index (χ0) is 12.0. The summed E-state index contributed by atoms with van der Waals surface area (Å²) < 4.78 is 4.48. The first kappa shape index (κ1) is 12.2. The van der Waals surface area contributed by atoms with Gasteiger partial charge in [0, 0.05) is 12.5 Å². The molecule has 0 aromatic heterocycles. The fourth-order valence-corrected chi connectivity index (χ4v) is 1.27. The third-order valence-electron chi connectivity index (χ3n) is 2.05. The van der Waals surface area contributed by atoms with Crippen molar-refractivity contribution in [1.82, 2.24) is 0 Å². The molecule has 0 aliphatic rings. The van der Waals surface area contributed by atoms with Gasteiger partial charge >= 0.3 is 5.97 Å². The Balaban J connectivity index is 2.68. The highest BCUT2D eigenvalue weighted by atomic mass is 16.5. The van der Waals surface area contributed by atoms with Crippen molar-refractivity contribution in [3.63, 3.8) is 0 Å². The number of hydrogen-bond acceptors (Lipinski definition) is 3. The van der Waals surface area contributed by atoms with Gasteiger partial charge in [0.25, 0.3) is 0 Å². The van der Waals surface area contributed by atoms with Crippen LogP contribution in [0.4, 0.5) is 0 Å². The molecule has 0 unspecified atom stereocenters. The van der Waals surface area contributed by atoms with Crippen LogP contribution in [0.15, 0.2) is 30.3 Å². The summed E-state index contributed by atoms with van der Waals surface area (Å²) in [5, 5.41) is 0. The van der Waals surface area contributed by atoms with E-state index >= 15 is 0 Å². The summed E-state index contributed by atoms with van der Waals surface area (Å²) >= 11 is 0. The van der Waals surface area contributed by atoms with Crippen LogP contribution in [0.25, 0.3) is 6.08 Å². The van der Waals surface area contributed by atoms with Gasteiger partial charge in [0.05, 0.1) is 7.11 Å². The first-order chi connectivity index (χ1) is 7.61. The van der Waals surface area contributed by atoms with Crippen molar-refractivity contribution in [1.29, 1.82) is 0 Å². The highest BCUT2D eigenvalue weighted by molar-refractivity contribution is 5.86. The molecule has 0 saturated carbocycles. The quantitative estimate of drug-likeness (QED) is 0.573. The Morgan fingerprint density at radius 1 is 1.25 bits per heavy atom. The van der Waals surface area contributed by atoms with E-state index < -0.39 is 0 Å². The molecule has 3 nitrogen and oxygen atoms in total. The minimum Gasteiger partial charge on any atom is -0.466 e. The van der Waals surface area contributed by atoms with Gasteiger partial charge in [-0.2, -0.15) is 0 Å². The average Bonchev–Trinajstić information content (AvgIpc) is 2.27. The van der Waals surface area contributed by atoms with Crippen LogP contribution in [0, 0.1) is 0 Å². The van der Waals surface area contributed by atoms with Crippen molar-refractivity contribution in [3.8, 4) is 0 Å². The van der Waals surface area contributed by atoms with E-state index in [1.54, 1.807) is 13.0 Å². The van der Waals surface area contributed by atoms with Crippen molar-refractivity contribution in [2.24, 2.45) is 0 Å². The number of hydrogen-bond donors (Lipinski definition) is 0. The van der Waals surface area contributed by atoms with Crippen LogP contribution in [-0.2, 0) is 20.7 Å². The van der Waals surface area contributed by atoms with E-state index in [4.69, 9.17) is 0 Å². The number of ketones is 1. The number of rotatable bonds is 4. The van der Waals surface area contributed by atoms with Gasteiger partial charge in [-0.1, -0.05) is 24.3 Å². The minimum atomic E-state index is -0.382. The van der Waals surface area contributed by atoms with Gasteiger partial charge in [0.15, 0.2) is 0 Å². The Morgan fingerprint density at radius 3 is 2.38 bits per heavy atom. The second kappa shape index (κ2) is 5.85. The molecule has 0 amide bonds. The first-order valence-electron chi connectivity index (χ1n) is 4.96. The van der Waals surface area contributed by atoms with E-state index in [1.165, 1.54) is 13.2 Å². The van der Waals surface area contributed by atoms with Crippen molar-refractivity contribution in [3.05, 3.63) is 41.5 Å². The molecule has 0 radical (unpaired) electrons. The summed E-state index contributed by atoms with van der Waals surface area (Å²) in [6.07, 6.45) is 3.48. The maximum Gasteiger partial charge on any atom is 0.330 e. The molecule has 1 aromatic carbocycles. The lowest BCUT2D eigenvalue weighted by Crippen LogP contribution is -1.96. The lowest BCUT2D eigenvalue weighted by molar-refractivity contribution is -0.134. The Labute approximate surface area is 94.7 Å². The Hall–Kier alpha value is -1.90. The topological polar surface area (TPSA) is 43.4 Å². The first-order valence-corrected chi connectivity index (χ1v) is 4.96. The Kier molecular flexibility index (Phi) is 4.45. The van der Waals surface area contributed by atoms with Crippen molar-refractivity contribution < 1.29 is 14.3 Å². The fourth-order valence-electron chi connectivity index (χ4n) is 1.27. The van der Waals surface area contributed by atoms with E-state index in [1.807, 2.05) is 24.3 Å². The van der Waals surface area contributed by atoms with E-state index in [-0.39, 0.29) is 11.8 Å². The second-order valence-corrected chi connectivity index (χ2v) is 3.48. The van der Waals surface area contributed by atoms with E-state index in [0.717, 1.165) is 11.1 Å². The van der Waals surface area contributed by atoms with Gasteiger partial charge in [0.1, 0.15) is 5.78 Å². The number of carbonyl (C=O) groups excluding carboxylic acids is 2. The van der Waals surface area contributed by atoms with Gasteiger partial charge in [-0.05, 0) is 24.1 Å². The summed E-state index contributed by atoms with van der Waals surface area (Å²) in [6, 6.07) is 7.46. The van der Waals surface area contributed by atoms with Crippen LogP contribution in [0.3, 0.4) is 0 Å². The van der Waals surface area contributed by atoms with E-state index in [0.29, 0.717) is 6.42 Å². The number of ether oxygens (including phenoxy) is 1. The van der Waals surface area contributed by atoms with Gasteiger partial charge in [0.2, 0.25) is 0 Å². The lowest BCUT2D eigenvalue weighted by atomic mass is 10.1. The maximum atomic E-state index is 10.9. The summed E-state index contributed by atoms with van der Waals surface area (Å²) in [5.74, 6) is -0.245. The molecule has 0 spiro atoms. The van der Waals surface area contributed by atoms with Crippen molar-refractivity contribution in [2.45, 2.75) is 13.3 Å². The van der Waals surface area contributed by atoms with E-state index in [2.05, 4.69) is 4.74 Å². The van der Waals surface area contributed by atoms with Crippen LogP contribution in [0.1, 0.15) is 18.1 Å². The Bertz CT molecular complexity index is 402. The predicted octanol–water partition coefficient (Wildman–Crippen LogP) is 2.00. The highest BCUT2D eigenvalue weighted by Crippen LogP contribution is 2.07. The Morgan fingerprint density at radius 2 is 1.88 bits per heavy atom. The summed E-state index contributed by atoms with van der Waals surface area (Å²) in [5.41, 5.74) is 1.88. The van der Waals surface area contributed by atoms with Crippen molar-refractivity contribution in [2.75, 3.05) is 7.11 Å². The molecule has 1 aromatic rings. The molecule has 1 rings (SSSR count). The smallest absolute Gasteiger partial charge is 0.330 e. The molecule has 16 heavy (non-hydrogen) atoms. The van der Waals surface area contributed by atoms with Crippen LogP contribution in [0.2, 0.25) is 0 Å². The molecule has 0 aliphatic carbocycles. The summed E-state index contributed by atoms with van der Waals surface area (Å²) in [6.45, 7) is 1.56. The van der Waals surface area contributed by atoms with Gasteiger partial charge < -0.3 is 4.74 Å². The molecule has 0 heterocycles. The van der Waals surface area contributed by atoms with Crippen molar-refractivity contribution >= 4 is 17.8 Å². The zero-order valence-corrected chi connectivity index (χ0v) is 9.40. The molecule has 84 valence electrons. The molecule has 0 aliphatic heterocycles. The average molecular weight is 218 g/mol. The molecule has 0 atom stereocenters.